The molecule has 9 nitrogen and oxygen atoms in total. The van der Waals surface area contributed by atoms with Gasteiger partial charge >= 0.3 is 0 Å². The van der Waals surface area contributed by atoms with Gasteiger partial charge in [0.05, 0.1) is 10.3 Å². The summed E-state index contributed by atoms with van der Waals surface area (Å²) >= 11 is 0. The second-order valence-electron chi connectivity index (χ2n) is 7.44. The van der Waals surface area contributed by atoms with E-state index >= 15 is 0 Å². The highest BCUT2D eigenvalue weighted by molar-refractivity contribution is 5.96. The molecule has 6 rings (SSSR count). The number of aromatic amines is 1. The van der Waals surface area contributed by atoms with E-state index in [-0.39, 0.29) is 17.0 Å². The van der Waals surface area contributed by atoms with Crippen molar-refractivity contribution in [2.75, 3.05) is 0 Å². The van der Waals surface area contributed by atoms with E-state index in [4.69, 9.17) is 0 Å². The van der Waals surface area contributed by atoms with E-state index in [0.29, 0.717) is 22.4 Å². The van der Waals surface area contributed by atoms with Gasteiger partial charge in [-0.2, -0.15) is 10.1 Å². The molecule has 3 aromatic heterocycles. The zero-order valence-corrected chi connectivity index (χ0v) is 16.1. The number of aromatic nitrogens is 5. The Kier molecular flexibility index (Phi) is 3.55. The van der Waals surface area contributed by atoms with Crippen LogP contribution in [-0.4, -0.2) is 29.5 Å². The number of nitrogens with one attached hydrogen (secondary N) is 1. The summed E-state index contributed by atoms with van der Waals surface area (Å²) in [7, 11) is 0. The molecule has 1 N–H and O–H groups in total. The van der Waals surface area contributed by atoms with Crippen LogP contribution in [0.15, 0.2) is 59.5 Å². The molecule has 0 unspecified atom stereocenters. The quantitative estimate of drug-likeness (QED) is 0.352. The molecule has 9 heteroatoms. The number of hydrogen-bond acceptors (Lipinski definition) is 6. The Morgan fingerprint density at radius 1 is 1.03 bits per heavy atom. The third-order valence-corrected chi connectivity index (χ3v) is 5.74. The van der Waals surface area contributed by atoms with Crippen molar-refractivity contribution < 1.29 is 4.92 Å². The number of hydrogen-bond donors (Lipinski definition) is 1. The van der Waals surface area contributed by atoms with Gasteiger partial charge in [0.15, 0.2) is 11.5 Å². The number of nitro benzene ring substituents is 1. The average Bonchev–Trinajstić information content (AvgIpc) is 3.23. The van der Waals surface area contributed by atoms with Crippen molar-refractivity contribution in [2.45, 2.75) is 12.8 Å². The highest BCUT2D eigenvalue weighted by atomic mass is 16.6. The van der Waals surface area contributed by atoms with Gasteiger partial charge < -0.3 is 0 Å². The molecule has 0 fully saturated rings. The van der Waals surface area contributed by atoms with Crippen molar-refractivity contribution in [3.8, 4) is 22.5 Å². The first-order valence-electron chi connectivity index (χ1n) is 9.73. The van der Waals surface area contributed by atoms with E-state index < -0.39 is 4.92 Å². The molecule has 0 atom stereocenters. The molecule has 1 aliphatic carbocycles. The number of nitro groups is 1. The molecule has 0 saturated carbocycles. The number of rotatable bonds is 2. The van der Waals surface area contributed by atoms with E-state index in [0.717, 1.165) is 29.5 Å². The van der Waals surface area contributed by atoms with Crippen LogP contribution < -0.4 is 5.56 Å². The lowest BCUT2D eigenvalue weighted by Crippen LogP contribution is -2.19. The summed E-state index contributed by atoms with van der Waals surface area (Å²) in [4.78, 5) is 33.2. The zero-order chi connectivity index (χ0) is 21.1. The number of nitrogens with zero attached hydrogens (tertiary/aromatic N) is 5. The van der Waals surface area contributed by atoms with Crippen molar-refractivity contribution in [1.29, 1.82) is 0 Å². The highest BCUT2D eigenvalue weighted by Crippen LogP contribution is 2.36. The Morgan fingerprint density at radius 3 is 2.61 bits per heavy atom. The lowest BCUT2D eigenvalue weighted by atomic mass is 9.85. The lowest BCUT2D eigenvalue weighted by Gasteiger charge is -2.20. The monoisotopic (exact) mass is 410 g/mol. The van der Waals surface area contributed by atoms with Gasteiger partial charge in [0.1, 0.15) is 0 Å². The first-order valence-corrected chi connectivity index (χ1v) is 9.73. The molecule has 0 saturated heterocycles. The molecule has 0 amide bonds. The van der Waals surface area contributed by atoms with Crippen LogP contribution in [0.2, 0.25) is 0 Å². The summed E-state index contributed by atoms with van der Waals surface area (Å²) in [6, 6.07) is 14.0. The normalized spacial score (nSPS) is 12.6. The van der Waals surface area contributed by atoms with Gasteiger partial charge in [-0.25, -0.2) is 14.5 Å². The molecule has 5 aromatic rings. The maximum atomic E-state index is 13.7. The van der Waals surface area contributed by atoms with Gasteiger partial charge in [-0.15, -0.1) is 0 Å². The van der Waals surface area contributed by atoms with Crippen LogP contribution in [0.1, 0.15) is 11.1 Å². The van der Waals surface area contributed by atoms with Crippen LogP contribution in [-0.2, 0) is 12.8 Å². The van der Waals surface area contributed by atoms with E-state index in [2.05, 4.69) is 26.2 Å². The number of benzene rings is 2. The van der Waals surface area contributed by atoms with Crippen molar-refractivity contribution >= 4 is 22.5 Å². The minimum atomic E-state index is -0.469. The molecule has 0 radical (unpaired) electrons. The topological polar surface area (TPSA) is 119 Å². The van der Waals surface area contributed by atoms with Crippen LogP contribution in [0.5, 0.6) is 0 Å². The van der Waals surface area contributed by atoms with Crippen LogP contribution in [0.25, 0.3) is 39.3 Å². The van der Waals surface area contributed by atoms with E-state index in [1.54, 1.807) is 18.3 Å². The number of aryl methyl sites for hydroxylation is 2. The number of pyridine rings is 1. The van der Waals surface area contributed by atoms with Crippen LogP contribution in [0, 0.1) is 10.1 Å². The van der Waals surface area contributed by atoms with Crippen molar-refractivity contribution in [3.63, 3.8) is 0 Å². The van der Waals surface area contributed by atoms with E-state index in [1.807, 2.05) is 18.2 Å². The molecular formula is C22H14N6O3. The molecular weight excluding hydrogens is 396 g/mol. The standard InChI is InChI=1S/C22H14N6O3/c29-21-18-17-14(6-5-12-3-1-2-4-16(12)17)11-23-19(18)24-22-26-25-20(27(21)22)13-7-9-15(10-8-13)28(30)31/h1-4,7-11H,5-6H2,(H,23,24,26). The molecule has 0 spiro atoms. The van der Waals surface area contributed by atoms with Gasteiger partial charge in [-0.05, 0) is 41.7 Å². The van der Waals surface area contributed by atoms with Crippen LogP contribution in [0.3, 0.4) is 0 Å². The van der Waals surface area contributed by atoms with Crippen molar-refractivity contribution in [3.05, 3.63) is 86.3 Å². The molecule has 2 aromatic carbocycles. The molecule has 3 heterocycles. The predicted octanol–water partition coefficient (Wildman–Crippen LogP) is 3.31. The predicted molar refractivity (Wildman–Crippen MR) is 114 cm³/mol. The molecule has 31 heavy (non-hydrogen) atoms. The second kappa shape index (κ2) is 6.30. The average molecular weight is 410 g/mol. The number of H-pyrrole nitrogens is 1. The van der Waals surface area contributed by atoms with E-state index in [1.165, 1.54) is 22.1 Å². The third kappa shape index (κ3) is 2.49. The summed E-state index contributed by atoms with van der Waals surface area (Å²) in [5.41, 5.74) is 4.72. The van der Waals surface area contributed by atoms with Gasteiger partial charge in [0, 0.05) is 29.5 Å². The minimum Gasteiger partial charge on any atom is -0.268 e. The largest absolute Gasteiger partial charge is 0.271 e. The summed E-state index contributed by atoms with van der Waals surface area (Å²) < 4.78 is 1.41. The van der Waals surface area contributed by atoms with Crippen LogP contribution in [0.4, 0.5) is 5.69 Å². The lowest BCUT2D eigenvalue weighted by molar-refractivity contribution is -0.384. The molecule has 150 valence electrons. The van der Waals surface area contributed by atoms with Crippen LogP contribution >= 0.6 is 0 Å². The number of fused-ring (bicyclic) bond motifs is 6. The van der Waals surface area contributed by atoms with Gasteiger partial charge in [0.25, 0.3) is 11.2 Å². The Labute approximate surface area is 174 Å². The van der Waals surface area contributed by atoms with Gasteiger partial charge in [-0.1, -0.05) is 24.3 Å². The first kappa shape index (κ1) is 17.5. The highest BCUT2D eigenvalue weighted by Gasteiger charge is 2.23. The van der Waals surface area contributed by atoms with E-state index in [9.17, 15) is 14.9 Å². The summed E-state index contributed by atoms with van der Waals surface area (Å²) in [5, 5.41) is 18.5. The summed E-state index contributed by atoms with van der Waals surface area (Å²) in [5.74, 6) is 0.605. The van der Waals surface area contributed by atoms with Crippen molar-refractivity contribution in [2.24, 2.45) is 0 Å². The molecule has 0 aliphatic heterocycles. The fraction of sp³-hybridized carbons (Fsp3) is 0.0909. The second-order valence-corrected chi connectivity index (χ2v) is 7.44. The smallest absolute Gasteiger partial charge is 0.268 e. The Bertz CT molecular complexity index is 1580. The SMILES string of the molecule is O=c1c2c3c(cnc2nc2[nH]nc(-c4ccc([N+](=O)[O-])cc4)n12)CCc1ccccc1-3. The molecule has 1 aliphatic rings. The minimum absolute atomic E-state index is 0.0330. The fourth-order valence-corrected chi connectivity index (χ4v) is 4.29. The Hall–Kier alpha value is -4.40. The summed E-state index contributed by atoms with van der Waals surface area (Å²) in [6.07, 6.45) is 3.50. The summed E-state index contributed by atoms with van der Waals surface area (Å²) in [6.45, 7) is 0. The van der Waals surface area contributed by atoms with Gasteiger partial charge in [0.2, 0.25) is 5.78 Å². The number of non-ortho nitro benzene ring substituents is 1. The van der Waals surface area contributed by atoms with Gasteiger partial charge in [-0.3, -0.25) is 14.9 Å². The zero-order valence-electron chi connectivity index (χ0n) is 16.1. The Balaban J connectivity index is 1.67. The maximum absolute atomic E-state index is 13.7. The fourth-order valence-electron chi connectivity index (χ4n) is 4.29. The first-order chi connectivity index (χ1) is 15.1. The third-order valence-electron chi connectivity index (χ3n) is 5.74. The maximum Gasteiger partial charge on any atom is 0.271 e. The van der Waals surface area contributed by atoms with Crippen molar-refractivity contribution in [1.82, 2.24) is 24.6 Å². The Morgan fingerprint density at radius 2 is 1.81 bits per heavy atom. The molecule has 0 bridgehead atoms.